The van der Waals surface area contributed by atoms with Crippen LogP contribution in [0.15, 0.2) is 91.0 Å². The molecule has 41 heavy (non-hydrogen) atoms. The number of unbranched alkanes of at least 4 members (excludes halogenated alkanes) is 13. The normalized spacial score (nSPS) is 14.0. The Balaban J connectivity index is 1.53. The van der Waals surface area contributed by atoms with Crippen LogP contribution in [-0.4, -0.2) is 33.6 Å². The van der Waals surface area contributed by atoms with Crippen LogP contribution in [-0.2, 0) is 5.41 Å². The lowest BCUT2D eigenvalue weighted by Gasteiger charge is -2.43. The van der Waals surface area contributed by atoms with Crippen LogP contribution in [0.25, 0.3) is 0 Å². The van der Waals surface area contributed by atoms with Gasteiger partial charge in [0.2, 0.25) is 0 Å². The van der Waals surface area contributed by atoms with Crippen LogP contribution in [0.2, 0.25) is 0 Å². The molecule has 3 rings (SSSR count). The molecule has 3 atom stereocenters. The predicted octanol–water partition coefficient (Wildman–Crippen LogP) is 8.98. The van der Waals surface area contributed by atoms with Gasteiger partial charge in [-0.05, 0) is 23.1 Å². The van der Waals surface area contributed by atoms with E-state index < -0.39 is 23.7 Å². The minimum absolute atomic E-state index is 0.477. The summed E-state index contributed by atoms with van der Waals surface area (Å²) in [6.07, 6.45) is 14.8. The average molecular weight is 559 g/mol. The van der Waals surface area contributed by atoms with Crippen LogP contribution >= 0.6 is 0 Å². The molecule has 3 nitrogen and oxygen atoms in total. The second-order valence-electron chi connectivity index (χ2n) is 11.8. The maximum Gasteiger partial charge on any atom is 0.107 e. The van der Waals surface area contributed by atoms with Crippen molar-refractivity contribution in [2.24, 2.45) is 0 Å². The fraction of sp³-hybridized carbons (Fsp3) is 0.526. The number of aliphatic hydroxyl groups is 3. The number of rotatable bonds is 21. The third-order valence-electron chi connectivity index (χ3n) is 8.70. The van der Waals surface area contributed by atoms with Crippen molar-refractivity contribution in [2.75, 3.05) is 0 Å². The lowest BCUT2D eigenvalue weighted by atomic mass is 9.64. The summed E-state index contributed by atoms with van der Waals surface area (Å²) in [7, 11) is 0. The smallest absolute Gasteiger partial charge is 0.107 e. The van der Waals surface area contributed by atoms with Gasteiger partial charge in [-0.25, -0.2) is 0 Å². The van der Waals surface area contributed by atoms with E-state index in [1.54, 1.807) is 0 Å². The second-order valence-corrected chi connectivity index (χ2v) is 11.8. The molecule has 0 aliphatic rings. The fourth-order valence-corrected chi connectivity index (χ4v) is 6.30. The number of hydrogen-bond donors (Lipinski definition) is 3. The average Bonchev–Trinajstić information content (AvgIpc) is 3.02. The topological polar surface area (TPSA) is 60.7 Å². The van der Waals surface area contributed by atoms with Gasteiger partial charge in [0, 0.05) is 0 Å². The summed E-state index contributed by atoms with van der Waals surface area (Å²) >= 11 is 0. The van der Waals surface area contributed by atoms with E-state index in [4.69, 9.17) is 0 Å². The van der Waals surface area contributed by atoms with E-state index in [1.165, 1.54) is 70.6 Å². The third-order valence-corrected chi connectivity index (χ3v) is 8.70. The van der Waals surface area contributed by atoms with Gasteiger partial charge in [0.1, 0.15) is 12.2 Å². The van der Waals surface area contributed by atoms with Gasteiger partial charge in [0.15, 0.2) is 0 Å². The summed E-state index contributed by atoms with van der Waals surface area (Å²) in [4.78, 5) is 0. The van der Waals surface area contributed by atoms with Crippen molar-refractivity contribution in [1.29, 1.82) is 0 Å². The van der Waals surface area contributed by atoms with E-state index in [9.17, 15) is 15.3 Å². The minimum atomic E-state index is -1.29. The molecule has 0 fully saturated rings. The third kappa shape index (κ3) is 9.81. The van der Waals surface area contributed by atoms with Crippen molar-refractivity contribution in [3.63, 3.8) is 0 Å². The van der Waals surface area contributed by atoms with E-state index in [2.05, 4.69) is 6.92 Å². The first-order chi connectivity index (χ1) is 20.1. The zero-order valence-electron chi connectivity index (χ0n) is 25.3. The Labute approximate surface area is 249 Å². The number of benzene rings is 3. The SMILES string of the molecule is CCCCCCCCCCCCCCCC[C@@H](O)C(O)C(O)C(c1ccccc1)(c1ccccc1)c1ccccc1. The highest BCUT2D eigenvalue weighted by Gasteiger charge is 2.47. The number of hydrogen-bond acceptors (Lipinski definition) is 3. The van der Waals surface area contributed by atoms with Gasteiger partial charge in [0.25, 0.3) is 0 Å². The summed E-state index contributed by atoms with van der Waals surface area (Å²) in [6.45, 7) is 2.27. The molecule has 0 saturated carbocycles. The number of aliphatic hydroxyl groups excluding tert-OH is 3. The van der Waals surface area contributed by atoms with Gasteiger partial charge in [0.05, 0.1) is 11.5 Å². The first-order valence-electron chi connectivity index (χ1n) is 16.3. The second kappa shape index (κ2) is 18.9. The molecule has 0 spiro atoms. The molecule has 0 saturated heterocycles. The predicted molar refractivity (Wildman–Crippen MR) is 172 cm³/mol. The molecule has 0 aliphatic carbocycles. The van der Waals surface area contributed by atoms with Gasteiger partial charge >= 0.3 is 0 Å². The zero-order chi connectivity index (χ0) is 29.2. The maximum absolute atomic E-state index is 12.0. The summed E-state index contributed by atoms with van der Waals surface area (Å²) in [6, 6.07) is 29.6. The van der Waals surface area contributed by atoms with Crippen LogP contribution in [0.1, 0.15) is 120 Å². The Morgan fingerprint density at radius 2 is 0.780 bits per heavy atom. The molecule has 0 aromatic heterocycles. The van der Waals surface area contributed by atoms with Crippen LogP contribution in [0.3, 0.4) is 0 Å². The Kier molecular flexibility index (Phi) is 15.2. The summed E-state index contributed by atoms with van der Waals surface area (Å²) in [5, 5.41) is 34.4. The van der Waals surface area contributed by atoms with Crippen LogP contribution < -0.4 is 0 Å². The van der Waals surface area contributed by atoms with Gasteiger partial charge < -0.3 is 15.3 Å². The lowest BCUT2D eigenvalue weighted by Crippen LogP contribution is -2.52. The molecule has 3 aromatic rings. The van der Waals surface area contributed by atoms with Crippen molar-refractivity contribution in [3.8, 4) is 0 Å². The molecule has 3 aromatic carbocycles. The highest BCUT2D eigenvalue weighted by molar-refractivity contribution is 5.52. The van der Waals surface area contributed by atoms with E-state index in [0.717, 1.165) is 36.0 Å². The Bertz CT molecular complexity index is 940. The molecule has 3 heteroatoms. The highest BCUT2D eigenvalue weighted by Crippen LogP contribution is 2.43. The molecule has 0 amide bonds. The van der Waals surface area contributed by atoms with Crippen LogP contribution in [0.4, 0.5) is 0 Å². The van der Waals surface area contributed by atoms with E-state index in [-0.39, 0.29) is 0 Å². The van der Waals surface area contributed by atoms with Crippen molar-refractivity contribution in [1.82, 2.24) is 0 Å². The monoisotopic (exact) mass is 558 g/mol. The Morgan fingerprint density at radius 1 is 0.463 bits per heavy atom. The first-order valence-corrected chi connectivity index (χ1v) is 16.3. The van der Waals surface area contributed by atoms with Gasteiger partial charge in [-0.3, -0.25) is 0 Å². The molecular formula is C38H54O3. The standard InChI is InChI=1S/C38H54O3/c1-2-3-4-5-6-7-8-9-10-11-12-13-14-24-31-35(39)36(40)37(41)38(32-25-18-15-19-26-32,33-27-20-16-21-28-33)34-29-22-17-23-30-34/h15-23,25-30,35-37,39-41H,2-14,24,31H2,1H3/t35-,36?,37?/m1/s1. The lowest BCUT2D eigenvalue weighted by molar-refractivity contribution is -0.0793. The molecule has 0 heterocycles. The quantitative estimate of drug-likeness (QED) is 0.0903. The fourth-order valence-electron chi connectivity index (χ4n) is 6.30. The van der Waals surface area contributed by atoms with E-state index in [1.807, 2.05) is 91.0 Å². The van der Waals surface area contributed by atoms with Gasteiger partial charge in [-0.15, -0.1) is 0 Å². The summed E-state index contributed by atoms with van der Waals surface area (Å²) in [5.74, 6) is 0. The van der Waals surface area contributed by atoms with Crippen LogP contribution in [0.5, 0.6) is 0 Å². The summed E-state index contributed by atoms with van der Waals surface area (Å²) < 4.78 is 0. The van der Waals surface area contributed by atoms with Crippen molar-refractivity contribution in [3.05, 3.63) is 108 Å². The molecule has 224 valence electrons. The Hall–Kier alpha value is -2.46. The molecule has 2 unspecified atom stereocenters. The molecular weight excluding hydrogens is 504 g/mol. The van der Waals surface area contributed by atoms with Crippen LogP contribution in [0, 0.1) is 0 Å². The maximum atomic E-state index is 12.0. The first kappa shape index (κ1) is 33.0. The van der Waals surface area contributed by atoms with Crippen molar-refractivity contribution in [2.45, 2.75) is 127 Å². The van der Waals surface area contributed by atoms with E-state index >= 15 is 0 Å². The zero-order valence-corrected chi connectivity index (χ0v) is 25.3. The van der Waals surface area contributed by atoms with Gasteiger partial charge in [-0.1, -0.05) is 188 Å². The minimum Gasteiger partial charge on any atom is -0.390 e. The van der Waals surface area contributed by atoms with Crippen molar-refractivity contribution < 1.29 is 15.3 Å². The molecule has 0 aliphatic heterocycles. The summed E-state index contributed by atoms with van der Waals surface area (Å²) in [5.41, 5.74) is 1.62. The largest absolute Gasteiger partial charge is 0.390 e. The molecule has 3 N–H and O–H groups in total. The molecule has 0 bridgehead atoms. The highest BCUT2D eigenvalue weighted by atomic mass is 16.4. The van der Waals surface area contributed by atoms with Gasteiger partial charge in [-0.2, -0.15) is 0 Å². The van der Waals surface area contributed by atoms with E-state index in [0.29, 0.717) is 6.42 Å². The Morgan fingerprint density at radius 3 is 1.12 bits per heavy atom. The molecule has 0 radical (unpaired) electrons. The van der Waals surface area contributed by atoms with Crippen molar-refractivity contribution >= 4 is 0 Å².